The normalized spacial score (nSPS) is 14.3. The Kier molecular flexibility index (Phi) is 3.48. The van der Waals surface area contributed by atoms with E-state index >= 15 is 0 Å². The minimum atomic E-state index is -4.49. The molecule has 0 spiro atoms. The number of ketones is 2. The highest BCUT2D eigenvalue weighted by atomic mass is 19.4. The average Bonchev–Trinajstić information content (AvgIpc) is 2.52. The molecule has 0 unspecified atom stereocenters. The molecular weight excluding hydrogens is 309 g/mol. The third-order valence-electron chi connectivity index (χ3n) is 3.32. The number of anilines is 1. The molecule has 1 aromatic heterocycles. The number of halogens is 3. The average molecular weight is 318 g/mol. The number of benzene rings is 1. The number of pyridine rings is 1. The van der Waals surface area contributed by atoms with Gasteiger partial charge in [0.2, 0.25) is 5.78 Å². The van der Waals surface area contributed by atoms with E-state index in [0.717, 1.165) is 18.2 Å². The third-order valence-corrected chi connectivity index (χ3v) is 3.32. The summed E-state index contributed by atoms with van der Waals surface area (Å²) in [5, 5.41) is 2.58. The summed E-state index contributed by atoms with van der Waals surface area (Å²) in [6, 6.07) is 5.82. The van der Waals surface area contributed by atoms with Gasteiger partial charge in [0.15, 0.2) is 5.78 Å². The fourth-order valence-electron chi connectivity index (χ4n) is 2.23. The first-order valence-electron chi connectivity index (χ1n) is 6.55. The molecule has 116 valence electrons. The lowest BCUT2D eigenvalue weighted by atomic mass is 9.94. The molecule has 0 saturated carbocycles. The smallest absolute Gasteiger partial charge is 0.352 e. The Morgan fingerprint density at radius 3 is 2.57 bits per heavy atom. The van der Waals surface area contributed by atoms with E-state index in [4.69, 9.17) is 0 Å². The Labute approximate surface area is 128 Å². The number of hydrogen-bond donors (Lipinski definition) is 1. The predicted molar refractivity (Wildman–Crippen MR) is 76.0 cm³/mol. The summed E-state index contributed by atoms with van der Waals surface area (Å²) in [7, 11) is 0. The molecule has 0 fully saturated rings. The lowest BCUT2D eigenvalue weighted by molar-refractivity contribution is -0.137. The molecule has 1 N–H and O–H groups in total. The first-order chi connectivity index (χ1) is 10.9. The van der Waals surface area contributed by atoms with E-state index in [-0.39, 0.29) is 22.5 Å². The molecule has 1 heterocycles. The number of nitrogens with one attached hydrogen (secondary N) is 1. The largest absolute Gasteiger partial charge is 0.416 e. The first-order valence-corrected chi connectivity index (χ1v) is 6.55. The van der Waals surface area contributed by atoms with E-state index in [1.807, 2.05) is 0 Å². The van der Waals surface area contributed by atoms with Gasteiger partial charge in [-0.25, -0.2) is 0 Å². The zero-order valence-electron chi connectivity index (χ0n) is 11.5. The van der Waals surface area contributed by atoms with E-state index in [1.54, 1.807) is 0 Å². The zero-order chi connectivity index (χ0) is 16.6. The predicted octanol–water partition coefficient (Wildman–Crippen LogP) is 3.48. The van der Waals surface area contributed by atoms with Gasteiger partial charge >= 0.3 is 6.18 Å². The lowest BCUT2D eigenvalue weighted by Gasteiger charge is -2.16. The van der Waals surface area contributed by atoms with Crippen LogP contribution >= 0.6 is 0 Å². The van der Waals surface area contributed by atoms with Crippen molar-refractivity contribution in [2.75, 3.05) is 5.32 Å². The Bertz CT molecular complexity index is 841. The summed E-state index contributed by atoms with van der Waals surface area (Å²) >= 11 is 0. The zero-order valence-corrected chi connectivity index (χ0v) is 11.5. The maximum atomic E-state index is 12.7. The highest BCUT2D eigenvalue weighted by Gasteiger charge is 2.31. The molecule has 3 rings (SSSR count). The van der Waals surface area contributed by atoms with Crippen LogP contribution in [-0.2, 0) is 6.18 Å². The van der Waals surface area contributed by atoms with Crippen LogP contribution in [0.25, 0.3) is 0 Å². The number of carbonyl (C=O) groups is 2. The number of Topliss-reactive ketones (excluding diaryl/α,β-unsaturated/α-hetero) is 1. The van der Waals surface area contributed by atoms with Gasteiger partial charge in [-0.15, -0.1) is 0 Å². The molecule has 2 aromatic rings. The van der Waals surface area contributed by atoms with Gasteiger partial charge in [0.05, 0.1) is 16.8 Å². The maximum absolute atomic E-state index is 12.7. The summed E-state index contributed by atoms with van der Waals surface area (Å²) in [6.07, 6.45) is -0.765. The first kappa shape index (κ1) is 15.0. The van der Waals surface area contributed by atoms with Crippen molar-refractivity contribution in [3.63, 3.8) is 0 Å². The van der Waals surface area contributed by atoms with Crippen LogP contribution in [-0.4, -0.2) is 16.6 Å². The van der Waals surface area contributed by atoms with E-state index in [2.05, 4.69) is 10.3 Å². The van der Waals surface area contributed by atoms with Crippen LogP contribution in [0.3, 0.4) is 0 Å². The number of rotatable bonds is 2. The second-order valence-corrected chi connectivity index (χ2v) is 4.88. The van der Waals surface area contributed by atoms with Crippen LogP contribution in [0.2, 0.25) is 0 Å². The molecule has 23 heavy (non-hydrogen) atoms. The van der Waals surface area contributed by atoms with Gasteiger partial charge in [0.1, 0.15) is 0 Å². The highest BCUT2D eigenvalue weighted by molar-refractivity contribution is 6.25. The van der Waals surface area contributed by atoms with E-state index in [9.17, 15) is 22.8 Å². The van der Waals surface area contributed by atoms with E-state index in [0.29, 0.717) is 0 Å². The van der Waals surface area contributed by atoms with Crippen molar-refractivity contribution in [1.29, 1.82) is 0 Å². The Morgan fingerprint density at radius 1 is 1.04 bits per heavy atom. The quantitative estimate of drug-likeness (QED) is 0.921. The van der Waals surface area contributed by atoms with Gasteiger partial charge in [0.25, 0.3) is 0 Å². The topological polar surface area (TPSA) is 59.1 Å². The summed E-state index contributed by atoms with van der Waals surface area (Å²) in [6.45, 7) is 0. The van der Waals surface area contributed by atoms with Crippen LogP contribution in [0.15, 0.2) is 54.5 Å². The van der Waals surface area contributed by atoms with Gasteiger partial charge in [-0.2, -0.15) is 13.2 Å². The summed E-state index contributed by atoms with van der Waals surface area (Å²) in [4.78, 5) is 28.1. The molecule has 1 aliphatic rings. The molecular formula is C16H9F3N2O2. The van der Waals surface area contributed by atoms with Crippen molar-refractivity contribution in [2.45, 2.75) is 6.18 Å². The van der Waals surface area contributed by atoms with Gasteiger partial charge in [-0.1, -0.05) is 6.07 Å². The van der Waals surface area contributed by atoms with Crippen molar-refractivity contribution >= 4 is 17.3 Å². The van der Waals surface area contributed by atoms with Gasteiger partial charge in [-0.05, 0) is 24.3 Å². The SMILES string of the molecule is O=C1C=C(Nc2cccc(C(F)(F)F)c2)C(=O)c2cnccc21. The monoisotopic (exact) mass is 318 g/mol. The minimum Gasteiger partial charge on any atom is -0.352 e. The van der Waals surface area contributed by atoms with Crippen LogP contribution in [0.1, 0.15) is 26.3 Å². The van der Waals surface area contributed by atoms with Crippen LogP contribution in [0.4, 0.5) is 18.9 Å². The molecule has 7 heteroatoms. The van der Waals surface area contributed by atoms with Crippen molar-refractivity contribution in [3.05, 3.63) is 71.2 Å². The third kappa shape index (κ3) is 2.85. The molecule has 4 nitrogen and oxygen atoms in total. The number of carbonyl (C=O) groups excluding carboxylic acids is 2. The van der Waals surface area contributed by atoms with Crippen molar-refractivity contribution in [2.24, 2.45) is 0 Å². The van der Waals surface area contributed by atoms with Crippen LogP contribution < -0.4 is 5.32 Å². The Hall–Kier alpha value is -2.96. The second kappa shape index (κ2) is 5.35. The van der Waals surface area contributed by atoms with E-state index in [1.165, 1.54) is 30.6 Å². The van der Waals surface area contributed by atoms with Gasteiger partial charge in [0, 0.05) is 29.7 Å². The molecule has 0 aliphatic heterocycles. The van der Waals surface area contributed by atoms with Crippen molar-refractivity contribution in [3.8, 4) is 0 Å². The maximum Gasteiger partial charge on any atom is 0.416 e. The molecule has 0 radical (unpaired) electrons. The number of hydrogen-bond acceptors (Lipinski definition) is 4. The van der Waals surface area contributed by atoms with Crippen molar-refractivity contribution < 1.29 is 22.8 Å². The number of alkyl halides is 3. The van der Waals surface area contributed by atoms with E-state index < -0.39 is 23.3 Å². The summed E-state index contributed by atoms with van der Waals surface area (Å²) in [5.41, 5.74) is -0.525. The Morgan fingerprint density at radius 2 is 1.83 bits per heavy atom. The standard InChI is InChI=1S/C16H9F3N2O2/c17-16(18,19)9-2-1-3-10(6-9)21-13-7-14(22)11-4-5-20-8-12(11)15(13)23/h1-8,21H. The fraction of sp³-hybridized carbons (Fsp3) is 0.0625. The number of aromatic nitrogens is 1. The molecule has 1 aromatic carbocycles. The van der Waals surface area contributed by atoms with Crippen LogP contribution in [0.5, 0.6) is 0 Å². The summed E-state index contributed by atoms with van der Waals surface area (Å²) in [5.74, 6) is -0.901. The highest BCUT2D eigenvalue weighted by Crippen LogP contribution is 2.31. The fourth-order valence-corrected chi connectivity index (χ4v) is 2.23. The molecule has 1 aliphatic carbocycles. The van der Waals surface area contributed by atoms with Crippen LogP contribution in [0, 0.1) is 0 Å². The molecule has 0 atom stereocenters. The number of fused-ring (bicyclic) bond motifs is 1. The Balaban J connectivity index is 1.93. The second-order valence-electron chi connectivity index (χ2n) is 4.88. The van der Waals surface area contributed by atoms with Gasteiger partial charge < -0.3 is 5.32 Å². The molecule has 0 amide bonds. The lowest BCUT2D eigenvalue weighted by Crippen LogP contribution is -2.21. The number of nitrogens with zero attached hydrogens (tertiary/aromatic N) is 1. The molecule has 0 saturated heterocycles. The van der Waals surface area contributed by atoms with Gasteiger partial charge in [-0.3, -0.25) is 14.6 Å². The minimum absolute atomic E-state index is 0.0690. The number of allylic oxidation sites excluding steroid dienone is 2. The van der Waals surface area contributed by atoms with Crippen molar-refractivity contribution in [1.82, 2.24) is 4.98 Å². The molecule has 0 bridgehead atoms. The summed E-state index contributed by atoms with van der Waals surface area (Å²) < 4.78 is 38.1.